The minimum absolute atomic E-state index is 0.914. The van der Waals surface area contributed by atoms with E-state index in [4.69, 9.17) is 0 Å². The second-order valence-corrected chi connectivity index (χ2v) is 5.11. The fraction of sp³-hybridized carbons (Fsp3) is 0.0909. The van der Waals surface area contributed by atoms with E-state index in [1.807, 2.05) is 0 Å². The number of para-hydroxylation sites is 1. The first kappa shape index (κ1) is 9.98. The maximum absolute atomic E-state index is 3.42. The normalized spacial score (nSPS) is 10.1. The van der Waals surface area contributed by atoms with E-state index in [9.17, 15) is 0 Å². The summed E-state index contributed by atoms with van der Waals surface area (Å²) in [5.41, 5.74) is 1.21. The van der Waals surface area contributed by atoms with Crippen LogP contribution in [0.25, 0.3) is 0 Å². The minimum atomic E-state index is 0.914. The second-order valence-electron chi connectivity index (χ2n) is 2.91. The smallest absolute Gasteiger partial charge is 0.0494 e. The Kier molecular flexibility index (Phi) is 3.42. The fourth-order valence-corrected chi connectivity index (χ4v) is 2.42. The molecule has 14 heavy (non-hydrogen) atoms. The van der Waals surface area contributed by atoms with E-state index in [-0.39, 0.29) is 0 Å². The van der Waals surface area contributed by atoms with Gasteiger partial charge in [-0.15, -0.1) is 11.3 Å². The molecule has 1 heterocycles. The molecule has 0 bridgehead atoms. The van der Waals surface area contributed by atoms with E-state index in [0.717, 1.165) is 6.54 Å². The first-order valence-corrected chi connectivity index (χ1v) is 6.33. The third-order valence-electron chi connectivity index (χ3n) is 1.91. The molecule has 0 atom stereocenters. The third-order valence-corrected chi connectivity index (χ3v) is 3.72. The molecule has 0 aliphatic rings. The van der Waals surface area contributed by atoms with Gasteiger partial charge < -0.3 is 5.32 Å². The minimum Gasteiger partial charge on any atom is -0.379 e. The van der Waals surface area contributed by atoms with Gasteiger partial charge in [0.1, 0.15) is 0 Å². The average Bonchev–Trinajstić information content (AvgIpc) is 2.69. The van der Waals surface area contributed by atoms with Crippen molar-refractivity contribution in [3.63, 3.8) is 0 Å². The van der Waals surface area contributed by atoms with E-state index in [0.29, 0.717) is 0 Å². The van der Waals surface area contributed by atoms with Gasteiger partial charge in [0.25, 0.3) is 0 Å². The van der Waals surface area contributed by atoms with E-state index >= 15 is 0 Å². The predicted octanol–water partition coefficient (Wildman–Crippen LogP) is 3.96. The monoisotopic (exact) mass is 315 g/mol. The van der Waals surface area contributed by atoms with E-state index in [1.165, 1.54) is 14.1 Å². The molecular weight excluding hydrogens is 305 g/mol. The number of halogens is 1. The van der Waals surface area contributed by atoms with Gasteiger partial charge in [0.15, 0.2) is 0 Å². The summed E-state index contributed by atoms with van der Waals surface area (Å²) < 4.78 is 1.27. The summed E-state index contributed by atoms with van der Waals surface area (Å²) in [7, 11) is 0. The highest BCUT2D eigenvalue weighted by Crippen LogP contribution is 2.18. The van der Waals surface area contributed by atoms with Gasteiger partial charge in [0.05, 0.1) is 0 Å². The van der Waals surface area contributed by atoms with E-state index in [2.05, 4.69) is 69.7 Å². The molecule has 2 aromatic rings. The Morgan fingerprint density at radius 1 is 1.14 bits per heavy atom. The fourth-order valence-electron chi connectivity index (χ4n) is 1.20. The van der Waals surface area contributed by atoms with Crippen LogP contribution in [-0.2, 0) is 6.54 Å². The number of thiophene rings is 1. The van der Waals surface area contributed by atoms with Gasteiger partial charge in [0, 0.05) is 20.7 Å². The highest BCUT2D eigenvalue weighted by molar-refractivity contribution is 14.1. The molecule has 0 spiro atoms. The van der Waals surface area contributed by atoms with Crippen LogP contribution >= 0.6 is 33.9 Å². The molecule has 0 radical (unpaired) electrons. The summed E-state index contributed by atoms with van der Waals surface area (Å²) in [6.45, 7) is 0.914. The molecule has 1 aromatic heterocycles. The molecule has 0 unspecified atom stereocenters. The van der Waals surface area contributed by atoms with E-state index < -0.39 is 0 Å². The quantitative estimate of drug-likeness (QED) is 0.845. The van der Waals surface area contributed by atoms with Crippen LogP contribution in [0.15, 0.2) is 41.8 Å². The largest absolute Gasteiger partial charge is 0.379 e. The van der Waals surface area contributed by atoms with Crippen LogP contribution in [0.5, 0.6) is 0 Å². The first-order valence-electron chi connectivity index (χ1n) is 4.37. The van der Waals surface area contributed by atoms with Crippen molar-refractivity contribution in [2.24, 2.45) is 0 Å². The first-order chi connectivity index (χ1) is 6.86. The highest BCUT2D eigenvalue weighted by Gasteiger charge is 1.97. The van der Waals surface area contributed by atoms with Crippen molar-refractivity contribution in [3.8, 4) is 0 Å². The molecule has 0 aliphatic carbocycles. The molecular formula is C11H10INS. The van der Waals surface area contributed by atoms with Crippen LogP contribution in [0, 0.1) is 3.57 Å². The van der Waals surface area contributed by atoms with Crippen molar-refractivity contribution in [1.82, 2.24) is 0 Å². The Bertz CT molecular complexity index is 397. The van der Waals surface area contributed by atoms with Crippen molar-refractivity contribution in [2.75, 3.05) is 5.32 Å². The molecule has 1 aromatic carbocycles. The molecule has 0 aliphatic heterocycles. The van der Waals surface area contributed by atoms with Gasteiger partial charge in [-0.3, -0.25) is 0 Å². The third kappa shape index (κ3) is 2.48. The predicted molar refractivity (Wildman–Crippen MR) is 70.8 cm³/mol. The van der Waals surface area contributed by atoms with Gasteiger partial charge in [-0.1, -0.05) is 18.2 Å². The summed E-state index contributed by atoms with van der Waals surface area (Å²) in [5, 5.41) is 5.52. The molecule has 0 fully saturated rings. The zero-order valence-electron chi connectivity index (χ0n) is 7.53. The van der Waals surface area contributed by atoms with Crippen molar-refractivity contribution in [1.29, 1.82) is 0 Å². The number of hydrogen-bond donors (Lipinski definition) is 1. The zero-order valence-corrected chi connectivity index (χ0v) is 10.5. The molecule has 2 rings (SSSR count). The SMILES string of the molecule is Ic1ccccc1NCc1cccs1. The second kappa shape index (κ2) is 4.79. The van der Waals surface area contributed by atoms with E-state index in [1.54, 1.807) is 11.3 Å². The highest BCUT2D eigenvalue weighted by atomic mass is 127. The summed E-state index contributed by atoms with van der Waals surface area (Å²) in [6, 6.07) is 12.6. The van der Waals surface area contributed by atoms with Crippen LogP contribution < -0.4 is 5.32 Å². The maximum atomic E-state index is 3.42. The van der Waals surface area contributed by atoms with Crippen LogP contribution in [0.3, 0.4) is 0 Å². The Labute approximate surface area is 101 Å². The lowest BCUT2D eigenvalue weighted by atomic mass is 10.3. The van der Waals surface area contributed by atoms with Crippen LogP contribution in [0.2, 0.25) is 0 Å². The standard InChI is InChI=1S/C11H10INS/c12-10-5-1-2-6-11(10)13-8-9-4-3-7-14-9/h1-7,13H,8H2. The Morgan fingerprint density at radius 2 is 2.00 bits per heavy atom. The molecule has 3 heteroatoms. The number of anilines is 1. The van der Waals surface area contributed by atoms with Crippen LogP contribution in [-0.4, -0.2) is 0 Å². The Balaban J connectivity index is 2.02. The summed E-state index contributed by atoms with van der Waals surface area (Å²) in [5.74, 6) is 0. The summed E-state index contributed by atoms with van der Waals surface area (Å²) in [4.78, 5) is 1.37. The lowest BCUT2D eigenvalue weighted by Gasteiger charge is -2.06. The Hall–Kier alpha value is -0.550. The number of rotatable bonds is 3. The summed E-state index contributed by atoms with van der Waals surface area (Å²) in [6.07, 6.45) is 0. The molecule has 1 N–H and O–H groups in total. The number of benzene rings is 1. The molecule has 0 saturated heterocycles. The topological polar surface area (TPSA) is 12.0 Å². The van der Waals surface area contributed by atoms with Gasteiger partial charge >= 0.3 is 0 Å². The number of nitrogens with one attached hydrogen (secondary N) is 1. The van der Waals surface area contributed by atoms with Crippen LogP contribution in [0.1, 0.15) is 4.88 Å². The maximum Gasteiger partial charge on any atom is 0.0494 e. The lowest BCUT2D eigenvalue weighted by Crippen LogP contribution is -1.98. The molecule has 1 nitrogen and oxygen atoms in total. The van der Waals surface area contributed by atoms with Gasteiger partial charge in [-0.25, -0.2) is 0 Å². The number of hydrogen-bond acceptors (Lipinski definition) is 2. The molecule has 0 saturated carbocycles. The van der Waals surface area contributed by atoms with Crippen molar-refractivity contribution in [3.05, 3.63) is 50.2 Å². The molecule has 0 amide bonds. The molecule has 72 valence electrons. The van der Waals surface area contributed by atoms with Gasteiger partial charge in [-0.2, -0.15) is 0 Å². The van der Waals surface area contributed by atoms with Crippen molar-refractivity contribution >= 4 is 39.6 Å². The Morgan fingerprint density at radius 3 is 2.71 bits per heavy atom. The lowest BCUT2D eigenvalue weighted by molar-refractivity contribution is 1.19. The zero-order chi connectivity index (χ0) is 9.80. The van der Waals surface area contributed by atoms with Crippen molar-refractivity contribution < 1.29 is 0 Å². The summed E-state index contributed by atoms with van der Waals surface area (Å²) >= 11 is 4.13. The van der Waals surface area contributed by atoms with Gasteiger partial charge in [0.2, 0.25) is 0 Å². The average molecular weight is 315 g/mol. The van der Waals surface area contributed by atoms with Gasteiger partial charge in [-0.05, 0) is 46.2 Å². The van der Waals surface area contributed by atoms with Crippen molar-refractivity contribution in [2.45, 2.75) is 6.54 Å². The van der Waals surface area contributed by atoms with Crippen LogP contribution in [0.4, 0.5) is 5.69 Å².